The summed E-state index contributed by atoms with van der Waals surface area (Å²) in [4.78, 5) is -0.122. The molecule has 1 unspecified atom stereocenters. The second kappa shape index (κ2) is 6.57. The van der Waals surface area contributed by atoms with E-state index in [1.54, 1.807) is 12.1 Å². The molecule has 0 aliphatic heterocycles. The third-order valence-corrected chi connectivity index (χ3v) is 4.52. The van der Waals surface area contributed by atoms with Gasteiger partial charge in [0.05, 0.1) is 16.2 Å². The molecule has 0 aliphatic carbocycles. The summed E-state index contributed by atoms with van der Waals surface area (Å²) in [5, 5.41) is -0.257. The summed E-state index contributed by atoms with van der Waals surface area (Å²) in [6.07, 6.45) is 0.904. The van der Waals surface area contributed by atoms with E-state index < -0.39 is 21.9 Å². The number of rotatable bonds is 6. The minimum atomic E-state index is -3.82. The summed E-state index contributed by atoms with van der Waals surface area (Å²) >= 11 is 5.58. The molecular weight excluding hydrogens is 321 g/mol. The monoisotopic (exact) mass is 333 g/mol. The van der Waals surface area contributed by atoms with E-state index in [4.69, 9.17) is 20.8 Å². The van der Waals surface area contributed by atoms with Crippen molar-refractivity contribution < 1.29 is 22.0 Å². The van der Waals surface area contributed by atoms with Gasteiger partial charge in [0, 0.05) is 13.7 Å². The first-order valence-corrected chi connectivity index (χ1v) is 7.81. The van der Waals surface area contributed by atoms with Crippen molar-refractivity contribution in [3.63, 3.8) is 0 Å². The minimum absolute atomic E-state index is 0.0264. The lowest BCUT2D eigenvalue weighted by Crippen LogP contribution is -2.29. The lowest BCUT2D eigenvalue weighted by Gasteiger charge is -2.14. The highest BCUT2D eigenvalue weighted by atomic mass is 35.5. The van der Waals surface area contributed by atoms with Crippen LogP contribution in [0.25, 0.3) is 0 Å². The van der Waals surface area contributed by atoms with Crippen LogP contribution in [-0.2, 0) is 14.8 Å². The number of methoxy groups -OCH3 is 1. The number of hydrogen-bond donors (Lipinski definition) is 1. The van der Waals surface area contributed by atoms with Crippen molar-refractivity contribution in [3.05, 3.63) is 53.2 Å². The smallest absolute Gasteiger partial charge is 0.240 e. The first kappa shape index (κ1) is 16.0. The Bertz CT molecular complexity index is 703. The molecule has 2 aromatic rings. The first-order valence-electron chi connectivity index (χ1n) is 5.95. The highest BCUT2D eigenvalue weighted by molar-refractivity contribution is 7.89. The lowest BCUT2D eigenvalue weighted by molar-refractivity contribution is 0.0878. The molecule has 1 aromatic carbocycles. The quantitative estimate of drug-likeness (QED) is 0.882. The molecule has 0 bridgehead atoms. The Balaban J connectivity index is 2.12. The van der Waals surface area contributed by atoms with Gasteiger partial charge in [-0.1, -0.05) is 11.6 Å². The molecule has 0 radical (unpaired) electrons. The van der Waals surface area contributed by atoms with Gasteiger partial charge in [0.25, 0.3) is 0 Å². The standard InChI is InChI=1S/C13H13ClFNO4S/c1-19-13(12-3-2-6-20-12)8-16-21(17,18)9-4-5-11(15)10(14)7-9/h2-7,13,16H,8H2,1H3. The zero-order valence-electron chi connectivity index (χ0n) is 11.0. The normalized spacial score (nSPS) is 13.3. The van der Waals surface area contributed by atoms with E-state index >= 15 is 0 Å². The van der Waals surface area contributed by atoms with Crippen molar-refractivity contribution in [2.24, 2.45) is 0 Å². The maximum atomic E-state index is 13.1. The third kappa shape index (κ3) is 3.82. The Labute approximate surface area is 126 Å². The maximum absolute atomic E-state index is 13.1. The molecule has 114 valence electrons. The highest BCUT2D eigenvalue weighted by Gasteiger charge is 2.20. The summed E-state index contributed by atoms with van der Waals surface area (Å²) in [7, 11) is -2.38. The lowest BCUT2D eigenvalue weighted by atomic mass is 10.3. The molecule has 0 fully saturated rings. The molecule has 8 heteroatoms. The largest absolute Gasteiger partial charge is 0.467 e. The van der Waals surface area contributed by atoms with Crippen LogP contribution in [0.1, 0.15) is 11.9 Å². The van der Waals surface area contributed by atoms with Crippen LogP contribution in [0.2, 0.25) is 5.02 Å². The van der Waals surface area contributed by atoms with E-state index in [-0.39, 0.29) is 16.5 Å². The first-order chi connectivity index (χ1) is 9.94. The average Bonchev–Trinajstić information content (AvgIpc) is 2.96. The second-order valence-electron chi connectivity index (χ2n) is 4.17. The molecule has 1 atom stereocenters. The van der Waals surface area contributed by atoms with Crippen molar-refractivity contribution in [1.82, 2.24) is 4.72 Å². The van der Waals surface area contributed by atoms with E-state index in [0.717, 1.165) is 18.2 Å². The molecule has 5 nitrogen and oxygen atoms in total. The van der Waals surface area contributed by atoms with Crippen molar-refractivity contribution >= 4 is 21.6 Å². The molecule has 0 spiro atoms. The van der Waals surface area contributed by atoms with Crippen LogP contribution in [0.15, 0.2) is 45.9 Å². The SMILES string of the molecule is COC(CNS(=O)(=O)c1ccc(F)c(Cl)c1)c1ccco1. The summed E-state index contributed by atoms with van der Waals surface area (Å²) < 4.78 is 50.0. The van der Waals surface area contributed by atoms with E-state index in [0.29, 0.717) is 5.76 Å². The molecule has 0 amide bonds. The average molecular weight is 334 g/mol. The Morgan fingerprint density at radius 1 is 1.43 bits per heavy atom. The van der Waals surface area contributed by atoms with Crippen LogP contribution in [-0.4, -0.2) is 22.1 Å². The van der Waals surface area contributed by atoms with Crippen LogP contribution in [0, 0.1) is 5.82 Å². The molecule has 2 rings (SSSR count). The van der Waals surface area contributed by atoms with E-state index in [2.05, 4.69) is 4.72 Å². The Morgan fingerprint density at radius 3 is 2.76 bits per heavy atom. The van der Waals surface area contributed by atoms with Crippen LogP contribution >= 0.6 is 11.6 Å². The topological polar surface area (TPSA) is 68.5 Å². The van der Waals surface area contributed by atoms with E-state index in [9.17, 15) is 12.8 Å². The molecule has 1 aromatic heterocycles. The Kier molecular flexibility index (Phi) is 5.00. The molecule has 0 saturated carbocycles. The predicted molar refractivity (Wildman–Crippen MR) is 75.1 cm³/mol. The van der Waals surface area contributed by atoms with Crippen molar-refractivity contribution in [2.45, 2.75) is 11.0 Å². The fraction of sp³-hybridized carbons (Fsp3) is 0.231. The van der Waals surface area contributed by atoms with Crippen molar-refractivity contribution in [3.8, 4) is 0 Å². The number of hydrogen-bond acceptors (Lipinski definition) is 4. The maximum Gasteiger partial charge on any atom is 0.240 e. The van der Waals surface area contributed by atoms with Crippen molar-refractivity contribution in [1.29, 1.82) is 0 Å². The second-order valence-corrected chi connectivity index (χ2v) is 6.34. The number of sulfonamides is 1. The summed E-state index contributed by atoms with van der Waals surface area (Å²) in [6.45, 7) is -0.0264. The van der Waals surface area contributed by atoms with Crippen LogP contribution in [0.5, 0.6) is 0 Å². The fourth-order valence-corrected chi connectivity index (χ4v) is 2.99. The van der Waals surface area contributed by atoms with Crippen LogP contribution < -0.4 is 4.72 Å². The summed E-state index contributed by atoms with van der Waals surface area (Å²) in [6, 6.07) is 6.54. The van der Waals surface area contributed by atoms with Gasteiger partial charge in [-0.2, -0.15) is 0 Å². The summed E-state index contributed by atoms with van der Waals surface area (Å²) in [5.74, 6) is -0.182. The summed E-state index contributed by atoms with van der Waals surface area (Å²) in [5.41, 5.74) is 0. The van der Waals surface area contributed by atoms with Gasteiger partial charge in [-0.25, -0.2) is 17.5 Å². The fourth-order valence-electron chi connectivity index (χ4n) is 1.69. The molecule has 1 heterocycles. The van der Waals surface area contributed by atoms with Crippen LogP contribution in [0.4, 0.5) is 4.39 Å². The van der Waals surface area contributed by atoms with Gasteiger partial charge >= 0.3 is 0 Å². The van der Waals surface area contributed by atoms with E-state index in [1.165, 1.54) is 13.4 Å². The Morgan fingerprint density at radius 2 is 2.19 bits per heavy atom. The number of halogens is 2. The number of furan rings is 1. The van der Waals surface area contributed by atoms with Gasteiger partial charge in [-0.15, -0.1) is 0 Å². The number of ether oxygens (including phenoxy) is 1. The van der Waals surface area contributed by atoms with E-state index in [1.807, 2.05) is 0 Å². The van der Waals surface area contributed by atoms with Gasteiger partial charge < -0.3 is 9.15 Å². The van der Waals surface area contributed by atoms with Crippen LogP contribution in [0.3, 0.4) is 0 Å². The number of nitrogens with one attached hydrogen (secondary N) is 1. The molecule has 21 heavy (non-hydrogen) atoms. The van der Waals surface area contributed by atoms with Gasteiger partial charge in [0.2, 0.25) is 10.0 Å². The predicted octanol–water partition coefficient (Wildman–Crippen LogP) is 2.74. The van der Waals surface area contributed by atoms with Crippen molar-refractivity contribution in [2.75, 3.05) is 13.7 Å². The molecule has 0 saturated heterocycles. The zero-order valence-corrected chi connectivity index (χ0v) is 12.6. The Hall–Kier alpha value is -1.41. The molecule has 0 aliphatic rings. The van der Waals surface area contributed by atoms with Gasteiger partial charge in [0.15, 0.2) is 0 Å². The third-order valence-electron chi connectivity index (χ3n) is 2.81. The number of benzene rings is 1. The highest BCUT2D eigenvalue weighted by Crippen LogP contribution is 2.20. The molecule has 1 N–H and O–H groups in total. The van der Waals surface area contributed by atoms with Gasteiger partial charge in [-0.3, -0.25) is 0 Å². The zero-order chi connectivity index (χ0) is 15.5. The minimum Gasteiger partial charge on any atom is -0.467 e. The van der Waals surface area contributed by atoms with Gasteiger partial charge in [-0.05, 0) is 30.3 Å². The van der Waals surface area contributed by atoms with Gasteiger partial charge in [0.1, 0.15) is 17.7 Å². The molecular formula is C13H13ClFNO4S.